The summed E-state index contributed by atoms with van der Waals surface area (Å²) in [5, 5.41) is 14.2. The van der Waals surface area contributed by atoms with Crippen LogP contribution < -0.4 is 5.43 Å². The van der Waals surface area contributed by atoms with Gasteiger partial charge in [-0.3, -0.25) is 4.79 Å². The molecule has 1 heterocycles. The molecule has 1 aromatic carbocycles. The molecule has 0 aliphatic rings. The maximum absolute atomic E-state index is 13.5. The second-order valence-corrected chi connectivity index (χ2v) is 4.50. The predicted octanol–water partition coefficient (Wildman–Crippen LogP) is 2.52. The van der Waals surface area contributed by atoms with Gasteiger partial charge in [-0.25, -0.2) is 9.82 Å². The van der Waals surface area contributed by atoms with Gasteiger partial charge in [0.2, 0.25) is 0 Å². The molecule has 0 atom stereocenters. The highest BCUT2D eigenvalue weighted by Gasteiger charge is 2.11. The fourth-order valence-corrected chi connectivity index (χ4v) is 1.93. The minimum absolute atomic E-state index is 0.151. The second-order valence-electron chi connectivity index (χ2n) is 3.52. The summed E-state index contributed by atoms with van der Waals surface area (Å²) in [6, 6.07) is 9.13. The molecule has 0 spiro atoms. The first-order valence-corrected chi connectivity index (χ1v) is 6.15. The van der Waals surface area contributed by atoms with E-state index in [-0.39, 0.29) is 11.1 Å². The maximum Gasteiger partial charge on any atom is 0.274 e. The first-order chi connectivity index (χ1) is 9.20. The van der Waals surface area contributed by atoms with E-state index in [0.717, 1.165) is 10.9 Å². The minimum Gasteiger partial charge on any atom is -0.267 e. The molecule has 19 heavy (non-hydrogen) atoms. The zero-order valence-corrected chi connectivity index (χ0v) is 10.4. The second kappa shape index (κ2) is 5.89. The third kappa shape index (κ3) is 3.24. The smallest absolute Gasteiger partial charge is 0.267 e. The Hall–Kier alpha value is -2.52. The van der Waals surface area contributed by atoms with Crippen LogP contribution in [0, 0.1) is 17.1 Å². The van der Waals surface area contributed by atoms with E-state index in [1.807, 2.05) is 17.5 Å². The Morgan fingerprint density at radius 2 is 2.32 bits per heavy atom. The Morgan fingerprint density at radius 3 is 2.95 bits per heavy atom. The Kier molecular flexibility index (Phi) is 4.00. The summed E-state index contributed by atoms with van der Waals surface area (Å²) in [6.07, 6.45) is 1.48. The van der Waals surface area contributed by atoms with E-state index >= 15 is 0 Å². The quantitative estimate of drug-likeness (QED) is 0.689. The molecule has 0 fully saturated rings. The molecule has 94 valence electrons. The van der Waals surface area contributed by atoms with E-state index in [9.17, 15) is 9.18 Å². The van der Waals surface area contributed by atoms with Crippen LogP contribution in [-0.2, 0) is 0 Å². The number of rotatable bonds is 3. The van der Waals surface area contributed by atoms with Crippen molar-refractivity contribution in [2.75, 3.05) is 0 Å². The van der Waals surface area contributed by atoms with Crippen molar-refractivity contribution in [3.63, 3.8) is 0 Å². The molecule has 1 aromatic heterocycles. The number of nitrogens with one attached hydrogen (secondary N) is 1. The Labute approximate surface area is 112 Å². The van der Waals surface area contributed by atoms with Crippen LogP contribution in [0.15, 0.2) is 40.8 Å². The molecule has 6 heteroatoms. The normalized spacial score (nSPS) is 10.3. The summed E-state index contributed by atoms with van der Waals surface area (Å²) < 4.78 is 13.5. The molecule has 4 nitrogen and oxygen atoms in total. The number of benzene rings is 1. The fraction of sp³-hybridized carbons (Fsp3) is 0. The van der Waals surface area contributed by atoms with Crippen LogP contribution in [0.2, 0.25) is 0 Å². The topological polar surface area (TPSA) is 65.2 Å². The summed E-state index contributed by atoms with van der Waals surface area (Å²) in [5.74, 6) is -1.40. The molecular formula is C13H8FN3OS. The van der Waals surface area contributed by atoms with Crippen molar-refractivity contribution in [1.29, 1.82) is 5.26 Å². The highest BCUT2D eigenvalue weighted by atomic mass is 32.1. The van der Waals surface area contributed by atoms with Crippen molar-refractivity contribution in [3.8, 4) is 6.07 Å². The molecule has 0 aliphatic heterocycles. The van der Waals surface area contributed by atoms with Gasteiger partial charge in [-0.2, -0.15) is 10.4 Å². The summed E-state index contributed by atoms with van der Waals surface area (Å²) in [4.78, 5) is 12.5. The summed E-state index contributed by atoms with van der Waals surface area (Å²) in [7, 11) is 0. The van der Waals surface area contributed by atoms with Crippen molar-refractivity contribution in [3.05, 3.63) is 57.5 Å². The van der Waals surface area contributed by atoms with Crippen molar-refractivity contribution in [2.24, 2.45) is 5.10 Å². The fourth-order valence-electron chi connectivity index (χ4n) is 1.35. The number of carbonyl (C=O) groups is 1. The van der Waals surface area contributed by atoms with Crippen LogP contribution in [-0.4, -0.2) is 12.1 Å². The number of carbonyl (C=O) groups excluding carboxylic acids is 1. The van der Waals surface area contributed by atoms with Gasteiger partial charge in [0.1, 0.15) is 5.82 Å². The molecular weight excluding hydrogens is 265 g/mol. The van der Waals surface area contributed by atoms with Gasteiger partial charge in [0.15, 0.2) is 0 Å². The van der Waals surface area contributed by atoms with Crippen LogP contribution in [0.4, 0.5) is 4.39 Å². The first kappa shape index (κ1) is 12.9. The molecule has 2 rings (SSSR count). The predicted molar refractivity (Wildman–Crippen MR) is 70.5 cm³/mol. The minimum atomic E-state index is -0.747. The van der Waals surface area contributed by atoms with Gasteiger partial charge in [-0.15, -0.1) is 11.3 Å². The first-order valence-electron chi connectivity index (χ1n) is 5.27. The van der Waals surface area contributed by atoms with Crippen LogP contribution in [0.5, 0.6) is 0 Å². The number of hydrogen-bond donors (Lipinski definition) is 1. The highest BCUT2D eigenvalue weighted by molar-refractivity contribution is 7.11. The maximum atomic E-state index is 13.5. The van der Waals surface area contributed by atoms with Gasteiger partial charge in [-0.05, 0) is 29.6 Å². The SMILES string of the molecule is N#Cc1ccc(C(=O)N/N=C/c2cccs2)c(F)c1. The van der Waals surface area contributed by atoms with Gasteiger partial charge in [0.05, 0.1) is 23.4 Å². The van der Waals surface area contributed by atoms with Gasteiger partial charge in [-0.1, -0.05) is 6.07 Å². The Morgan fingerprint density at radius 1 is 1.47 bits per heavy atom. The standard InChI is InChI=1S/C13H8FN3OS/c14-12-6-9(7-15)3-4-11(12)13(18)17-16-8-10-2-1-5-19-10/h1-6,8H,(H,17,18)/b16-8+. The molecule has 0 aliphatic carbocycles. The molecule has 0 radical (unpaired) electrons. The molecule has 1 N–H and O–H groups in total. The van der Waals surface area contributed by atoms with Gasteiger partial charge >= 0.3 is 0 Å². The lowest BCUT2D eigenvalue weighted by atomic mass is 10.1. The lowest BCUT2D eigenvalue weighted by Gasteiger charge is -2.01. The molecule has 1 amide bonds. The van der Waals surface area contributed by atoms with Crippen LogP contribution in [0.3, 0.4) is 0 Å². The molecule has 2 aromatic rings. The number of hydrazone groups is 1. The Balaban J connectivity index is 2.06. The van der Waals surface area contributed by atoms with E-state index in [2.05, 4.69) is 10.5 Å². The van der Waals surface area contributed by atoms with Gasteiger partial charge in [0.25, 0.3) is 5.91 Å². The molecule has 0 saturated heterocycles. The largest absolute Gasteiger partial charge is 0.274 e. The van der Waals surface area contributed by atoms with Crippen molar-refractivity contribution >= 4 is 23.5 Å². The van der Waals surface area contributed by atoms with Crippen LogP contribution in [0.1, 0.15) is 20.8 Å². The van der Waals surface area contributed by atoms with Gasteiger partial charge < -0.3 is 0 Å². The number of halogens is 1. The number of hydrogen-bond acceptors (Lipinski definition) is 4. The number of amides is 1. The van der Waals surface area contributed by atoms with E-state index in [1.165, 1.54) is 29.7 Å². The lowest BCUT2D eigenvalue weighted by Crippen LogP contribution is -2.19. The summed E-state index contributed by atoms with van der Waals surface area (Å²) >= 11 is 1.47. The lowest BCUT2D eigenvalue weighted by molar-refractivity contribution is 0.0951. The third-order valence-electron chi connectivity index (χ3n) is 2.24. The number of thiophene rings is 1. The van der Waals surface area contributed by atoms with Crippen LogP contribution >= 0.6 is 11.3 Å². The van der Waals surface area contributed by atoms with E-state index in [1.54, 1.807) is 6.07 Å². The van der Waals surface area contributed by atoms with E-state index in [4.69, 9.17) is 5.26 Å². The average molecular weight is 273 g/mol. The zero-order valence-electron chi connectivity index (χ0n) is 9.63. The van der Waals surface area contributed by atoms with Crippen molar-refractivity contribution < 1.29 is 9.18 Å². The summed E-state index contributed by atoms with van der Waals surface area (Å²) in [5.41, 5.74) is 2.24. The van der Waals surface area contributed by atoms with Gasteiger partial charge in [0, 0.05) is 4.88 Å². The third-order valence-corrected chi connectivity index (χ3v) is 3.05. The average Bonchev–Trinajstić information content (AvgIpc) is 2.91. The molecule has 0 bridgehead atoms. The molecule has 0 unspecified atom stereocenters. The van der Waals surface area contributed by atoms with E-state index < -0.39 is 11.7 Å². The number of nitrogens with zero attached hydrogens (tertiary/aromatic N) is 2. The summed E-state index contributed by atoms with van der Waals surface area (Å²) in [6.45, 7) is 0. The van der Waals surface area contributed by atoms with Crippen molar-refractivity contribution in [1.82, 2.24) is 5.43 Å². The molecule has 0 saturated carbocycles. The highest BCUT2D eigenvalue weighted by Crippen LogP contribution is 2.10. The van der Waals surface area contributed by atoms with Crippen molar-refractivity contribution in [2.45, 2.75) is 0 Å². The van der Waals surface area contributed by atoms with Crippen LogP contribution in [0.25, 0.3) is 0 Å². The number of nitriles is 1. The van der Waals surface area contributed by atoms with E-state index in [0.29, 0.717) is 0 Å². The zero-order chi connectivity index (χ0) is 13.7. The monoisotopic (exact) mass is 273 g/mol. The Bertz CT molecular complexity index is 659.